The molecule has 0 aromatic rings. The topological polar surface area (TPSA) is 38.5 Å². The Bertz CT molecular complexity index is 244. The molecular weight excluding hydrogens is 212 g/mol. The second-order valence-electron chi connectivity index (χ2n) is 6.18. The van der Waals surface area contributed by atoms with E-state index in [2.05, 4.69) is 18.7 Å². The largest absolute Gasteiger partial charge is 0.379 e. The highest BCUT2D eigenvalue weighted by molar-refractivity contribution is 4.94. The van der Waals surface area contributed by atoms with Gasteiger partial charge in [0.2, 0.25) is 0 Å². The van der Waals surface area contributed by atoms with Crippen LogP contribution in [0.2, 0.25) is 0 Å². The summed E-state index contributed by atoms with van der Waals surface area (Å²) in [5.74, 6) is 0. The van der Waals surface area contributed by atoms with Crippen molar-refractivity contribution in [1.29, 1.82) is 0 Å². The molecule has 17 heavy (non-hydrogen) atoms. The van der Waals surface area contributed by atoms with Crippen molar-refractivity contribution in [3.63, 3.8) is 0 Å². The molecule has 0 aromatic carbocycles. The van der Waals surface area contributed by atoms with Gasteiger partial charge in [-0.15, -0.1) is 0 Å². The number of rotatable bonds is 4. The summed E-state index contributed by atoms with van der Waals surface area (Å²) in [6.07, 6.45) is 6.76. The summed E-state index contributed by atoms with van der Waals surface area (Å²) in [4.78, 5) is 2.68. The van der Waals surface area contributed by atoms with Crippen molar-refractivity contribution in [2.75, 3.05) is 26.3 Å². The minimum Gasteiger partial charge on any atom is -0.379 e. The average molecular weight is 240 g/mol. The molecule has 3 atom stereocenters. The van der Waals surface area contributed by atoms with Gasteiger partial charge in [-0.25, -0.2) is 0 Å². The minimum atomic E-state index is 0.170. The number of likely N-dealkylation sites (tertiary alicyclic amines) is 1. The SMILES string of the molecule is CCCC1CCCCN1CC1(C)COCC1N. The smallest absolute Gasteiger partial charge is 0.0624 e. The molecule has 3 nitrogen and oxygen atoms in total. The highest BCUT2D eigenvalue weighted by atomic mass is 16.5. The Labute approximate surface area is 106 Å². The Morgan fingerprint density at radius 2 is 2.24 bits per heavy atom. The number of nitrogens with zero attached hydrogens (tertiary/aromatic N) is 1. The molecule has 0 spiro atoms. The van der Waals surface area contributed by atoms with Gasteiger partial charge in [-0.05, 0) is 25.8 Å². The van der Waals surface area contributed by atoms with Crippen LogP contribution >= 0.6 is 0 Å². The number of nitrogens with two attached hydrogens (primary N) is 1. The molecule has 2 saturated heterocycles. The van der Waals surface area contributed by atoms with Crippen LogP contribution in [-0.4, -0.2) is 43.3 Å². The summed E-state index contributed by atoms with van der Waals surface area (Å²) < 4.78 is 5.56. The van der Waals surface area contributed by atoms with E-state index < -0.39 is 0 Å². The molecule has 0 amide bonds. The van der Waals surface area contributed by atoms with Crippen LogP contribution in [0.3, 0.4) is 0 Å². The Kier molecular flexibility index (Phi) is 4.45. The third-order valence-corrected chi connectivity index (χ3v) is 4.56. The van der Waals surface area contributed by atoms with Crippen LogP contribution in [0, 0.1) is 5.41 Å². The van der Waals surface area contributed by atoms with Gasteiger partial charge in [0.05, 0.1) is 13.2 Å². The van der Waals surface area contributed by atoms with Crippen molar-refractivity contribution >= 4 is 0 Å². The Morgan fingerprint density at radius 3 is 2.88 bits per heavy atom. The van der Waals surface area contributed by atoms with Crippen LogP contribution in [0.5, 0.6) is 0 Å². The molecule has 2 N–H and O–H groups in total. The van der Waals surface area contributed by atoms with Gasteiger partial charge in [0, 0.05) is 24.0 Å². The van der Waals surface area contributed by atoms with E-state index >= 15 is 0 Å². The van der Waals surface area contributed by atoms with Crippen molar-refractivity contribution in [2.45, 2.75) is 58.0 Å². The van der Waals surface area contributed by atoms with Crippen molar-refractivity contribution in [1.82, 2.24) is 4.90 Å². The van der Waals surface area contributed by atoms with Crippen LogP contribution in [0.1, 0.15) is 46.0 Å². The molecule has 0 radical (unpaired) electrons. The average Bonchev–Trinajstić information content (AvgIpc) is 2.62. The molecule has 0 aromatic heterocycles. The lowest BCUT2D eigenvalue weighted by Gasteiger charge is -2.41. The minimum absolute atomic E-state index is 0.170. The molecule has 2 aliphatic heterocycles. The predicted octanol–water partition coefficient (Wildman–Crippen LogP) is 2.00. The zero-order chi connectivity index (χ0) is 12.3. The number of ether oxygens (including phenoxy) is 1. The van der Waals surface area contributed by atoms with E-state index in [1.54, 1.807) is 0 Å². The molecule has 3 heteroatoms. The van der Waals surface area contributed by atoms with Crippen molar-refractivity contribution < 1.29 is 4.74 Å². The van der Waals surface area contributed by atoms with Crippen molar-refractivity contribution in [3.8, 4) is 0 Å². The quantitative estimate of drug-likeness (QED) is 0.817. The lowest BCUT2D eigenvalue weighted by Crippen LogP contribution is -2.51. The van der Waals surface area contributed by atoms with Crippen LogP contribution in [0.25, 0.3) is 0 Å². The molecule has 2 aliphatic rings. The van der Waals surface area contributed by atoms with Gasteiger partial charge in [0.25, 0.3) is 0 Å². The lowest BCUT2D eigenvalue weighted by atomic mass is 9.83. The monoisotopic (exact) mass is 240 g/mol. The van der Waals surface area contributed by atoms with Gasteiger partial charge in [0.15, 0.2) is 0 Å². The van der Waals surface area contributed by atoms with Crippen molar-refractivity contribution in [3.05, 3.63) is 0 Å². The fourth-order valence-corrected chi connectivity index (χ4v) is 3.28. The first kappa shape index (κ1) is 13.3. The summed E-state index contributed by atoms with van der Waals surface area (Å²) in [5.41, 5.74) is 6.37. The highest BCUT2D eigenvalue weighted by Crippen LogP contribution is 2.31. The zero-order valence-electron chi connectivity index (χ0n) is 11.5. The van der Waals surface area contributed by atoms with E-state index in [4.69, 9.17) is 10.5 Å². The highest BCUT2D eigenvalue weighted by Gasteiger charge is 2.40. The van der Waals surface area contributed by atoms with Gasteiger partial charge >= 0.3 is 0 Å². The first-order chi connectivity index (χ1) is 8.15. The van der Waals surface area contributed by atoms with Gasteiger partial charge in [-0.2, -0.15) is 0 Å². The number of hydrogen-bond donors (Lipinski definition) is 1. The standard InChI is InChI=1S/C14H28N2O/c1-3-6-12-7-4-5-8-16(12)10-14(2)11-17-9-13(14)15/h12-13H,3-11,15H2,1-2H3. The molecule has 3 unspecified atom stereocenters. The van der Waals surface area contributed by atoms with E-state index in [1.165, 1.54) is 38.6 Å². The van der Waals surface area contributed by atoms with Gasteiger partial charge in [0.1, 0.15) is 0 Å². The third kappa shape index (κ3) is 3.01. The number of piperidine rings is 1. The molecule has 100 valence electrons. The summed E-state index contributed by atoms with van der Waals surface area (Å²) >= 11 is 0. The normalized spacial score (nSPS) is 39.7. The second-order valence-corrected chi connectivity index (χ2v) is 6.18. The predicted molar refractivity (Wildman–Crippen MR) is 71.0 cm³/mol. The van der Waals surface area contributed by atoms with E-state index in [1.807, 2.05) is 0 Å². The van der Waals surface area contributed by atoms with Crippen LogP contribution in [0.15, 0.2) is 0 Å². The van der Waals surface area contributed by atoms with Crippen molar-refractivity contribution in [2.24, 2.45) is 11.1 Å². The maximum absolute atomic E-state index is 6.20. The van der Waals surface area contributed by atoms with Crippen LogP contribution in [0.4, 0.5) is 0 Å². The van der Waals surface area contributed by atoms with Gasteiger partial charge in [-0.3, -0.25) is 4.90 Å². The Hall–Kier alpha value is -0.120. The molecule has 0 bridgehead atoms. The fourth-order valence-electron chi connectivity index (χ4n) is 3.28. The van der Waals surface area contributed by atoms with Crippen LogP contribution < -0.4 is 5.73 Å². The van der Waals surface area contributed by atoms with E-state index in [-0.39, 0.29) is 11.5 Å². The van der Waals surface area contributed by atoms with E-state index in [0.717, 1.165) is 25.8 Å². The van der Waals surface area contributed by atoms with Gasteiger partial charge < -0.3 is 10.5 Å². The fraction of sp³-hybridized carbons (Fsp3) is 1.00. The maximum atomic E-state index is 6.20. The zero-order valence-corrected chi connectivity index (χ0v) is 11.5. The van der Waals surface area contributed by atoms with Crippen LogP contribution in [-0.2, 0) is 4.74 Å². The summed E-state index contributed by atoms with van der Waals surface area (Å²) in [5, 5.41) is 0. The molecule has 0 saturated carbocycles. The molecule has 2 heterocycles. The van der Waals surface area contributed by atoms with E-state index in [9.17, 15) is 0 Å². The lowest BCUT2D eigenvalue weighted by molar-refractivity contribution is 0.0679. The molecule has 2 rings (SSSR count). The number of hydrogen-bond acceptors (Lipinski definition) is 3. The third-order valence-electron chi connectivity index (χ3n) is 4.56. The molecule has 2 fully saturated rings. The summed E-state index contributed by atoms with van der Waals surface area (Å²) in [6, 6.07) is 1.00. The molecular formula is C14H28N2O. The second kappa shape index (κ2) is 5.68. The first-order valence-electron chi connectivity index (χ1n) is 7.23. The molecule has 0 aliphatic carbocycles. The van der Waals surface area contributed by atoms with Gasteiger partial charge in [-0.1, -0.05) is 26.7 Å². The first-order valence-corrected chi connectivity index (χ1v) is 7.23. The summed E-state index contributed by atoms with van der Waals surface area (Å²) in [7, 11) is 0. The Balaban J connectivity index is 1.95. The Morgan fingerprint density at radius 1 is 1.41 bits per heavy atom. The maximum Gasteiger partial charge on any atom is 0.0624 e. The summed E-state index contributed by atoms with van der Waals surface area (Å²) in [6.45, 7) is 8.54. The van der Waals surface area contributed by atoms with E-state index in [0.29, 0.717) is 0 Å².